The van der Waals surface area contributed by atoms with Gasteiger partial charge in [-0.3, -0.25) is 0 Å². The summed E-state index contributed by atoms with van der Waals surface area (Å²) in [4.78, 5) is 0. The molecule has 4 nitrogen and oxygen atoms in total. The van der Waals surface area contributed by atoms with Gasteiger partial charge in [0.25, 0.3) is 0 Å². The summed E-state index contributed by atoms with van der Waals surface area (Å²) in [6.07, 6.45) is 2.19. The van der Waals surface area contributed by atoms with Crippen molar-refractivity contribution >= 4 is 33.2 Å². The maximum absolute atomic E-state index is 11.9. The quantitative estimate of drug-likeness (QED) is 0.836. The predicted molar refractivity (Wildman–Crippen MR) is 72.1 cm³/mol. The van der Waals surface area contributed by atoms with Crippen LogP contribution in [0.5, 0.6) is 0 Å². The van der Waals surface area contributed by atoms with Gasteiger partial charge in [0.15, 0.2) is 5.22 Å². The second-order valence-electron chi connectivity index (χ2n) is 4.06. The van der Waals surface area contributed by atoms with Crippen molar-refractivity contribution in [2.24, 2.45) is 0 Å². The summed E-state index contributed by atoms with van der Waals surface area (Å²) in [5, 5.41) is -0.00546. The molecule has 0 atom stereocenters. The average molecular weight is 311 g/mol. The van der Waals surface area contributed by atoms with Gasteiger partial charge in [0.1, 0.15) is 0 Å². The van der Waals surface area contributed by atoms with E-state index in [1.54, 1.807) is 0 Å². The molecule has 102 valence electrons. The molecule has 0 amide bonds. The van der Waals surface area contributed by atoms with E-state index in [1.807, 2.05) is 11.8 Å². The van der Waals surface area contributed by atoms with E-state index in [0.717, 1.165) is 24.3 Å². The Labute approximate surface area is 116 Å². The van der Waals surface area contributed by atoms with Gasteiger partial charge in [-0.05, 0) is 48.1 Å². The Hall–Kier alpha value is -0.170. The molecule has 7 heteroatoms. The molecule has 2 rings (SSSR count). The number of furan rings is 1. The summed E-state index contributed by atoms with van der Waals surface area (Å²) in [6, 6.07) is 2.79. The highest BCUT2D eigenvalue weighted by Crippen LogP contribution is 2.21. The number of hydrogen-bond acceptors (Lipinski definition) is 5. The molecular weight excluding hydrogens is 296 g/mol. The van der Waals surface area contributed by atoms with Crippen molar-refractivity contribution in [1.29, 1.82) is 0 Å². The van der Waals surface area contributed by atoms with Gasteiger partial charge in [-0.15, -0.1) is 0 Å². The minimum absolute atomic E-state index is 0.0690. The number of sulfone groups is 1. The highest BCUT2D eigenvalue weighted by atomic mass is 35.5. The molecule has 1 aromatic heterocycles. The van der Waals surface area contributed by atoms with Crippen molar-refractivity contribution in [3.05, 3.63) is 17.4 Å². The fourth-order valence-corrected chi connectivity index (χ4v) is 4.00. The molecule has 0 N–H and O–H groups in total. The third-order valence-electron chi connectivity index (χ3n) is 2.73. The maximum atomic E-state index is 11.9. The molecular formula is C11H15ClO4S2. The molecule has 0 aliphatic carbocycles. The van der Waals surface area contributed by atoms with E-state index in [-0.39, 0.29) is 28.8 Å². The number of rotatable bonds is 5. The van der Waals surface area contributed by atoms with Crippen molar-refractivity contribution < 1.29 is 17.6 Å². The normalized spacial score (nSPS) is 18.1. The second-order valence-corrected chi connectivity index (χ2v) is 7.70. The Kier molecular flexibility index (Phi) is 5.00. The fraction of sp³-hybridized carbons (Fsp3) is 0.636. The molecule has 0 bridgehead atoms. The molecule has 2 heterocycles. The third-order valence-corrected chi connectivity index (χ3v) is 5.52. The number of thioether (sulfide) groups is 1. The van der Waals surface area contributed by atoms with Crippen LogP contribution in [0.15, 0.2) is 21.6 Å². The zero-order chi connectivity index (χ0) is 13.0. The third kappa shape index (κ3) is 3.91. The Balaban J connectivity index is 1.82. The fourth-order valence-electron chi connectivity index (χ4n) is 1.73. The van der Waals surface area contributed by atoms with Gasteiger partial charge >= 0.3 is 0 Å². The maximum Gasteiger partial charge on any atom is 0.220 e. The summed E-state index contributed by atoms with van der Waals surface area (Å²) in [5.41, 5.74) is 0. The molecule has 0 spiro atoms. The summed E-state index contributed by atoms with van der Waals surface area (Å²) in [5.74, 6) is 2.11. The monoisotopic (exact) mass is 310 g/mol. The highest BCUT2D eigenvalue weighted by Gasteiger charge is 2.20. The van der Waals surface area contributed by atoms with Crippen molar-refractivity contribution in [3.8, 4) is 0 Å². The summed E-state index contributed by atoms with van der Waals surface area (Å²) in [7, 11) is -3.42. The van der Waals surface area contributed by atoms with Crippen LogP contribution in [0.3, 0.4) is 0 Å². The highest BCUT2D eigenvalue weighted by molar-refractivity contribution is 7.99. The molecule has 1 aromatic rings. The topological polar surface area (TPSA) is 56.5 Å². The van der Waals surface area contributed by atoms with Crippen LogP contribution in [0.4, 0.5) is 0 Å². The van der Waals surface area contributed by atoms with Crippen molar-refractivity contribution in [1.82, 2.24) is 0 Å². The molecule has 1 saturated heterocycles. The van der Waals surface area contributed by atoms with Crippen LogP contribution < -0.4 is 0 Å². The molecule has 0 saturated carbocycles. The SMILES string of the molecule is O=S(=O)(CCOC1CCSCC1)c1ccc(Cl)o1. The van der Waals surface area contributed by atoms with Gasteiger partial charge in [0, 0.05) is 0 Å². The van der Waals surface area contributed by atoms with Crippen LogP contribution >= 0.6 is 23.4 Å². The first-order valence-corrected chi connectivity index (χ1v) is 8.94. The van der Waals surface area contributed by atoms with Gasteiger partial charge in [0.2, 0.25) is 14.9 Å². The lowest BCUT2D eigenvalue weighted by Crippen LogP contribution is -2.22. The van der Waals surface area contributed by atoms with Crippen LogP contribution in [-0.2, 0) is 14.6 Å². The van der Waals surface area contributed by atoms with E-state index in [1.165, 1.54) is 12.1 Å². The first kappa shape index (κ1) is 14.2. The zero-order valence-corrected chi connectivity index (χ0v) is 12.2. The van der Waals surface area contributed by atoms with Crippen LogP contribution in [-0.4, -0.2) is 38.4 Å². The number of halogens is 1. The van der Waals surface area contributed by atoms with Crippen LogP contribution in [0.25, 0.3) is 0 Å². The Bertz CT molecular complexity index is 477. The molecule has 1 fully saturated rings. The van der Waals surface area contributed by atoms with E-state index < -0.39 is 9.84 Å². The van der Waals surface area contributed by atoms with E-state index in [4.69, 9.17) is 20.8 Å². The summed E-state index contributed by atoms with van der Waals surface area (Å²) < 4.78 is 34.2. The van der Waals surface area contributed by atoms with Crippen molar-refractivity contribution in [2.45, 2.75) is 24.0 Å². The van der Waals surface area contributed by atoms with E-state index >= 15 is 0 Å². The predicted octanol–water partition coefficient (Wildman–Crippen LogP) is 2.62. The second kappa shape index (κ2) is 6.32. The molecule has 0 aromatic carbocycles. The molecule has 1 aliphatic heterocycles. The molecule has 1 aliphatic rings. The van der Waals surface area contributed by atoms with Gasteiger partial charge < -0.3 is 9.15 Å². The first-order chi connectivity index (χ1) is 8.58. The van der Waals surface area contributed by atoms with Crippen molar-refractivity contribution in [3.63, 3.8) is 0 Å². The lowest BCUT2D eigenvalue weighted by Gasteiger charge is -2.21. The molecule has 18 heavy (non-hydrogen) atoms. The lowest BCUT2D eigenvalue weighted by molar-refractivity contribution is 0.0586. The van der Waals surface area contributed by atoms with Crippen LogP contribution in [0.2, 0.25) is 5.22 Å². The Morgan fingerprint density at radius 1 is 1.39 bits per heavy atom. The van der Waals surface area contributed by atoms with Gasteiger partial charge in [-0.1, -0.05) is 0 Å². The average Bonchev–Trinajstić information content (AvgIpc) is 2.78. The van der Waals surface area contributed by atoms with E-state index in [0.29, 0.717) is 0 Å². The smallest absolute Gasteiger partial charge is 0.220 e. The van der Waals surface area contributed by atoms with Crippen molar-refractivity contribution in [2.75, 3.05) is 23.9 Å². The standard InChI is InChI=1S/C11H15ClO4S2/c12-10-1-2-11(16-10)18(13,14)8-5-15-9-3-6-17-7-4-9/h1-2,9H,3-8H2. The minimum Gasteiger partial charge on any atom is -0.433 e. The van der Waals surface area contributed by atoms with E-state index in [9.17, 15) is 8.42 Å². The molecule has 0 radical (unpaired) electrons. The summed E-state index contributed by atoms with van der Waals surface area (Å²) >= 11 is 7.47. The zero-order valence-electron chi connectivity index (χ0n) is 9.80. The van der Waals surface area contributed by atoms with Gasteiger partial charge in [-0.25, -0.2) is 8.42 Å². The lowest BCUT2D eigenvalue weighted by atomic mass is 10.2. The number of ether oxygens (including phenoxy) is 1. The first-order valence-electron chi connectivity index (χ1n) is 5.75. The summed E-state index contributed by atoms with van der Waals surface area (Å²) in [6.45, 7) is 0.204. The van der Waals surface area contributed by atoms with E-state index in [2.05, 4.69) is 0 Å². The largest absolute Gasteiger partial charge is 0.433 e. The Morgan fingerprint density at radius 2 is 2.11 bits per heavy atom. The molecule has 0 unspecified atom stereocenters. The minimum atomic E-state index is -3.42. The van der Waals surface area contributed by atoms with Gasteiger partial charge in [0.05, 0.1) is 18.5 Å². The van der Waals surface area contributed by atoms with Crippen LogP contribution in [0, 0.1) is 0 Å². The van der Waals surface area contributed by atoms with Gasteiger partial charge in [-0.2, -0.15) is 11.8 Å². The number of hydrogen-bond donors (Lipinski definition) is 0. The van der Waals surface area contributed by atoms with Crippen LogP contribution in [0.1, 0.15) is 12.8 Å². The Morgan fingerprint density at radius 3 is 2.72 bits per heavy atom.